The summed E-state index contributed by atoms with van der Waals surface area (Å²) in [7, 11) is 1.79. The number of carbonyl (C=O) groups excluding carboxylic acids is 1. The van der Waals surface area contributed by atoms with Crippen LogP contribution in [0.2, 0.25) is 0 Å². The predicted octanol–water partition coefficient (Wildman–Crippen LogP) is 1.67. The second-order valence-electron chi connectivity index (χ2n) is 7.11. The highest BCUT2D eigenvalue weighted by atomic mass is 16.2. The van der Waals surface area contributed by atoms with Crippen molar-refractivity contribution in [2.24, 2.45) is 7.05 Å². The number of hydrogen-bond donors (Lipinski definition) is 1. The molecule has 2 aromatic heterocycles. The van der Waals surface area contributed by atoms with Crippen molar-refractivity contribution >= 4 is 5.91 Å². The van der Waals surface area contributed by atoms with Crippen molar-refractivity contribution in [3.05, 3.63) is 82.0 Å². The second-order valence-corrected chi connectivity index (χ2v) is 7.11. The number of nitrogens with zero attached hydrogens (tertiary/aromatic N) is 4. The monoisotopic (exact) mass is 377 g/mol. The van der Waals surface area contributed by atoms with Crippen molar-refractivity contribution < 1.29 is 4.79 Å². The molecule has 1 saturated heterocycles. The van der Waals surface area contributed by atoms with Crippen LogP contribution < -0.4 is 10.9 Å². The zero-order valence-electron chi connectivity index (χ0n) is 16.0. The number of amides is 1. The van der Waals surface area contributed by atoms with Crippen molar-refractivity contribution in [3.8, 4) is 5.69 Å². The fourth-order valence-electron chi connectivity index (χ4n) is 3.65. The third kappa shape index (κ3) is 3.48. The first kappa shape index (κ1) is 18.2. The summed E-state index contributed by atoms with van der Waals surface area (Å²) in [4.78, 5) is 27.2. The van der Waals surface area contributed by atoms with Crippen molar-refractivity contribution in [1.82, 2.24) is 24.6 Å². The van der Waals surface area contributed by atoms with Crippen molar-refractivity contribution in [2.75, 3.05) is 19.6 Å². The highest BCUT2D eigenvalue weighted by molar-refractivity contribution is 5.94. The van der Waals surface area contributed by atoms with Gasteiger partial charge in [0.05, 0.1) is 23.5 Å². The highest BCUT2D eigenvalue weighted by Crippen LogP contribution is 2.21. The highest BCUT2D eigenvalue weighted by Gasteiger charge is 2.26. The van der Waals surface area contributed by atoms with Crippen LogP contribution in [0.4, 0.5) is 0 Å². The van der Waals surface area contributed by atoms with E-state index >= 15 is 0 Å². The van der Waals surface area contributed by atoms with Gasteiger partial charge in [-0.2, -0.15) is 5.10 Å². The molecule has 0 spiro atoms. The molecular weight excluding hydrogens is 354 g/mol. The van der Waals surface area contributed by atoms with Gasteiger partial charge < -0.3 is 10.2 Å². The predicted molar refractivity (Wildman–Crippen MR) is 107 cm³/mol. The maximum absolute atomic E-state index is 13.1. The Hall–Kier alpha value is -3.19. The summed E-state index contributed by atoms with van der Waals surface area (Å²) in [5, 5.41) is 7.61. The van der Waals surface area contributed by atoms with Crippen LogP contribution in [0.3, 0.4) is 0 Å². The first-order chi connectivity index (χ1) is 13.5. The molecule has 0 radical (unpaired) electrons. The molecule has 3 aromatic rings. The minimum absolute atomic E-state index is 0.0716. The normalized spacial score (nSPS) is 16.9. The number of nitrogens with one attached hydrogen (secondary N) is 1. The first-order valence-corrected chi connectivity index (χ1v) is 9.33. The largest absolute Gasteiger partial charge is 0.335 e. The Kier molecular flexibility index (Phi) is 4.83. The molecule has 3 heterocycles. The average molecular weight is 377 g/mol. The van der Waals surface area contributed by atoms with E-state index in [-0.39, 0.29) is 17.5 Å². The van der Waals surface area contributed by atoms with Gasteiger partial charge in [0.2, 0.25) is 0 Å². The van der Waals surface area contributed by atoms with E-state index in [0.717, 1.165) is 6.54 Å². The Labute approximate surface area is 163 Å². The summed E-state index contributed by atoms with van der Waals surface area (Å²) >= 11 is 0. The number of aryl methyl sites for hydroxylation is 2. The maximum atomic E-state index is 13.1. The van der Waals surface area contributed by atoms with E-state index in [1.165, 1.54) is 21.8 Å². The molecule has 1 amide bonds. The SMILES string of the molecule is Cc1ccccc1C1CN(C(=O)c2ccc(=O)n(-c3cnn(C)c3)c2)CCN1. The molecule has 1 N–H and O–H groups in total. The lowest BCUT2D eigenvalue weighted by atomic mass is 9.99. The Morgan fingerprint density at radius 2 is 2.00 bits per heavy atom. The Morgan fingerprint density at radius 1 is 1.18 bits per heavy atom. The van der Waals surface area contributed by atoms with E-state index in [0.29, 0.717) is 24.3 Å². The topological polar surface area (TPSA) is 72.2 Å². The third-order valence-corrected chi connectivity index (χ3v) is 5.15. The van der Waals surface area contributed by atoms with Crippen LogP contribution in [0.15, 0.2) is 59.8 Å². The van der Waals surface area contributed by atoms with Crippen LogP contribution in [-0.2, 0) is 7.05 Å². The summed E-state index contributed by atoms with van der Waals surface area (Å²) in [5.41, 5.74) is 3.36. The van der Waals surface area contributed by atoms with Gasteiger partial charge in [-0.3, -0.25) is 18.8 Å². The zero-order valence-corrected chi connectivity index (χ0v) is 16.0. The quantitative estimate of drug-likeness (QED) is 0.754. The van der Waals surface area contributed by atoms with E-state index in [9.17, 15) is 9.59 Å². The fraction of sp³-hybridized carbons (Fsp3) is 0.286. The molecule has 7 heteroatoms. The molecule has 1 fully saturated rings. The molecule has 1 aliphatic rings. The number of carbonyl (C=O) groups is 1. The summed E-state index contributed by atoms with van der Waals surface area (Å²) in [6.07, 6.45) is 4.95. The van der Waals surface area contributed by atoms with Gasteiger partial charge in [-0.1, -0.05) is 24.3 Å². The zero-order chi connectivity index (χ0) is 19.7. The second kappa shape index (κ2) is 7.44. The molecule has 0 saturated carbocycles. The lowest BCUT2D eigenvalue weighted by Gasteiger charge is -2.34. The molecule has 1 aromatic carbocycles. The van der Waals surface area contributed by atoms with Crippen LogP contribution in [-0.4, -0.2) is 44.8 Å². The van der Waals surface area contributed by atoms with Gasteiger partial charge in [-0.15, -0.1) is 0 Å². The fourth-order valence-corrected chi connectivity index (χ4v) is 3.65. The van der Waals surface area contributed by atoms with Crippen LogP contribution in [0, 0.1) is 6.92 Å². The molecule has 0 aliphatic carbocycles. The molecule has 144 valence electrons. The van der Waals surface area contributed by atoms with E-state index in [1.807, 2.05) is 17.0 Å². The molecular formula is C21H23N5O2. The lowest BCUT2D eigenvalue weighted by molar-refractivity contribution is 0.0702. The molecule has 4 rings (SSSR count). The van der Waals surface area contributed by atoms with Crippen molar-refractivity contribution in [2.45, 2.75) is 13.0 Å². The van der Waals surface area contributed by atoms with Gasteiger partial charge in [-0.05, 0) is 24.1 Å². The number of aromatic nitrogens is 3. The van der Waals surface area contributed by atoms with E-state index < -0.39 is 0 Å². The van der Waals surface area contributed by atoms with Crippen molar-refractivity contribution in [1.29, 1.82) is 0 Å². The van der Waals surface area contributed by atoms with Gasteiger partial charge in [0.15, 0.2) is 0 Å². The van der Waals surface area contributed by atoms with Gasteiger partial charge in [-0.25, -0.2) is 0 Å². The molecule has 28 heavy (non-hydrogen) atoms. The van der Waals surface area contributed by atoms with Gasteiger partial charge in [0.25, 0.3) is 11.5 Å². The standard InChI is InChI=1S/C21H23N5O2/c1-15-5-3-4-6-18(15)19-14-25(10-9-22-19)21(28)16-7-8-20(27)26(12-16)17-11-23-24(2)13-17/h3-8,11-13,19,22H,9-10,14H2,1-2H3. The van der Waals surface area contributed by atoms with Crippen LogP contribution in [0.25, 0.3) is 5.69 Å². The molecule has 1 atom stereocenters. The summed E-state index contributed by atoms with van der Waals surface area (Å²) < 4.78 is 3.08. The van der Waals surface area contributed by atoms with E-state index in [2.05, 4.69) is 29.5 Å². The average Bonchev–Trinajstić information content (AvgIpc) is 3.14. The Bertz CT molecular complexity index is 1070. The summed E-state index contributed by atoms with van der Waals surface area (Å²) in [5.74, 6) is -0.0716. The third-order valence-electron chi connectivity index (χ3n) is 5.15. The number of pyridine rings is 1. The molecule has 7 nitrogen and oxygen atoms in total. The number of hydrogen-bond acceptors (Lipinski definition) is 4. The lowest BCUT2D eigenvalue weighted by Crippen LogP contribution is -2.48. The smallest absolute Gasteiger partial charge is 0.255 e. The number of piperazine rings is 1. The maximum Gasteiger partial charge on any atom is 0.255 e. The Balaban J connectivity index is 1.59. The summed E-state index contributed by atoms with van der Waals surface area (Å²) in [6, 6.07) is 11.4. The van der Waals surface area contributed by atoms with Crippen molar-refractivity contribution in [3.63, 3.8) is 0 Å². The van der Waals surface area contributed by atoms with Gasteiger partial charge >= 0.3 is 0 Å². The molecule has 1 aliphatic heterocycles. The minimum Gasteiger partial charge on any atom is -0.335 e. The van der Waals surface area contributed by atoms with Crippen LogP contribution in [0.5, 0.6) is 0 Å². The first-order valence-electron chi connectivity index (χ1n) is 9.33. The molecule has 1 unspecified atom stereocenters. The van der Waals surface area contributed by atoms with Gasteiger partial charge in [0, 0.05) is 45.1 Å². The van der Waals surface area contributed by atoms with Crippen LogP contribution in [0.1, 0.15) is 27.5 Å². The molecule has 0 bridgehead atoms. The van der Waals surface area contributed by atoms with Gasteiger partial charge in [0.1, 0.15) is 0 Å². The number of rotatable bonds is 3. The minimum atomic E-state index is -0.192. The summed E-state index contributed by atoms with van der Waals surface area (Å²) in [6.45, 7) is 4.04. The Morgan fingerprint density at radius 3 is 2.75 bits per heavy atom. The van der Waals surface area contributed by atoms with E-state index in [4.69, 9.17) is 0 Å². The van der Waals surface area contributed by atoms with Crippen LogP contribution >= 0.6 is 0 Å². The number of benzene rings is 1. The van der Waals surface area contributed by atoms with E-state index in [1.54, 1.807) is 36.4 Å².